The lowest BCUT2D eigenvalue weighted by Crippen LogP contribution is -2.53. The van der Waals surface area contributed by atoms with Crippen molar-refractivity contribution in [3.8, 4) is 0 Å². The second kappa shape index (κ2) is 7.09. The van der Waals surface area contributed by atoms with E-state index in [1.54, 1.807) is 12.1 Å². The first-order chi connectivity index (χ1) is 10.6. The summed E-state index contributed by atoms with van der Waals surface area (Å²) in [5.41, 5.74) is -0.532. The van der Waals surface area contributed by atoms with E-state index in [1.807, 2.05) is 13.8 Å². The Morgan fingerprint density at radius 1 is 1.17 bits per heavy atom. The van der Waals surface area contributed by atoms with Crippen molar-refractivity contribution in [2.75, 3.05) is 19.6 Å². The third-order valence-electron chi connectivity index (χ3n) is 4.10. The second-order valence-corrected chi connectivity index (χ2v) is 9.70. The summed E-state index contributed by atoms with van der Waals surface area (Å²) in [6.07, 6.45) is 1.24. The van der Waals surface area contributed by atoms with E-state index in [-0.39, 0.29) is 4.90 Å². The van der Waals surface area contributed by atoms with E-state index >= 15 is 0 Å². The maximum atomic E-state index is 12.6. The highest BCUT2D eigenvalue weighted by atomic mass is 35.5. The number of piperidine rings is 1. The molecular weight excluding hydrogens is 332 g/mol. The predicted octanol–water partition coefficient (Wildman–Crippen LogP) is 3.37. The number of rotatable bonds is 5. The molecule has 0 radical (unpaired) electrons. The number of hydrogen-bond acceptors (Lipinski definition) is 3. The van der Waals surface area contributed by atoms with Gasteiger partial charge < -0.3 is 4.90 Å². The third kappa shape index (κ3) is 5.45. The zero-order valence-corrected chi connectivity index (χ0v) is 15.9. The molecule has 1 aromatic rings. The SMILES string of the molecule is C[C@@H]1C[C@@H](C)CN(CC(C)(C)NS(=O)(=O)c2ccc(Cl)cc2)C1. The topological polar surface area (TPSA) is 49.4 Å². The normalized spacial score (nSPS) is 23.9. The lowest BCUT2D eigenvalue weighted by Gasteiger charge is -2.39. The van der Waals surface area contributed by atoms with E-state index in [1.165, 1.54) is 18.6 Å². The zero-order chi connectivity index (χ0) is 17.3. The number of likely N-dealkylation sites (tertiary alicyclic amines) is 1. The first-order valence-electron chi connectivity index (χ1n) is 8.09. The molecule has 0 saturated carbocycles. The van der Waals surface area contributed by atoms with E-state index in [0.29, 0.717) is 23.4 Å². The van der Waals surface area contributed by atoms with E-state index in [4.69, 9.17) is 11.6 Å². The molecule has 2 atom stereocenters. The molecule has 4 nitrogen and oxygen atoms in total. The average molecular weight is 359 g/mol. The number of nitrogens with one attached hydrogen (secondary N) is 1. The fourth-order valence-corrected chi connectivity index (χ4v) is 5.08. The standard InChI is InChI=1S/C17H27ClN2O2S/c1-13-9-14(2)11-20(10-13)12-17(3,4)19-23(21,22)16-7-5-15(18)6-8-16/h5-8,13-14,19H,9-12H2,1-4H3/t13-,14-/m1/s1. The molecule has 1 N–H and O–H groups in total. The summed E-state index contributed by atoms with van der Waals surface area (Å²) < 4.78 is 27.9. The van der Waals surface area contributed by atoms with Crippen LogP contribution in [0.3, 0.4) is 0 Å². The van der Waals surface area contributed by atoms with Gasteiger partial charge in [-0.15, -0.1) is 0 Å². The molecular formula is C17H27ClN2O2S. The van der Waals surface area contributed by atoms with Gasteiger partial charge in [0.25, 0.3) is 0 Å². The van der Waals surface area contributed by atoms with Gasteiger partial charge in [0.15, 0.2) is 0 Å². The smallest absolute Gasteiger partial charge is 0.241 e. The molecule has 1 saturated heterocycles. The third-order valence-corrected chi connectivity index (χ3v) is 6.06. The quantitative estimate of drug-likeness (QED) is 0.877. The Kier molecular flexibility index (Phi) is 5.77. The van der Waals surface area contributed by atoms with Crippen LogP contribution in [0.5, 0.6) is 0 Å². The van der Waals surface area contributed by atoms with Crippen LogP contribution < -0.4 is 4.72 Å². The van der Waals surface area contributed by atoms with Crippen LogP contribution in [0.15, 0.2) is 29.2 Å². The molecule has 1 aliphatic heterocycles. The Morgan fingerprint density at radius 3 is 2.22 bits per heavy atom. The lowest BCUT2D eigenvalue weighted by atomic mass is 9.91. The van der Waals surface area contributed by atoms with Gasteiger partial charge in [0.1, 0.15) is 0 Å². The van der Waals surface area contributed by atoms with Crippen molar-refractivity contribution in [2.24, 2.45) is 11.8 Å². The van der Waals surface area contributed by atoms with Gasteiger partial charge in [-0.1, -0.05) is 25.4 Å². The van der Waals surface area contributed by atoms with Crippen LogP contribution in [-0.2, 0) is 10.0 Å². The molecule has 1 aliphatic rings. The number of hydrogen-bond donors (Lipinski definition) is 1. The monoisotopic (exact) mass is 358 g/mol. The van der Waals surface area contributed by atoms with Crippen molar-refractivity contribution in [1.29, 1.82) is 0 Å². The minimum atomic E-state index is -3.55. The summed E-state index contributed by atoms with van der Waals surface area (Å²) >= 11 is 5.83. The Bertz CT molecular complexity index is 618. The Morgan fingerprint density at radius 2 is 1.70 bits per heavy atom. The average Bonchev–Trinajstić information content (AvgIpc) is 2.35. The zero-order valence-electron chi connectivity index (χ0n) is 14.3. The van der Waals surface area contributed by atoms with Gasteiger partial charge in [-0.3, -0.25) is 0 Å². The van der Waals surface area contributed by atoms with Crippen molar-refractivity contribution >= 4 is 21.6 Å². The molecule has 1 heterocycles. The van der Waals surface area contributed by atoms with Gasteiger partial charge in [-0.2, -0.15) is 0 Å². The fourth-order valence-electron chi connectivity index (χ4n) is 3.55. The fraction of sp³-hybridized carbons (Fsp3) is 0.647. The first kappa shape index (κ1) is 18.7. The molecule has 1 aromatic carbocycles. The Hall–Kier alpha value is -0.620. The Balaban J connectivity index is 2.06. The van der Waals surface area contributed by atoms with Crippen LogP contribution in [0.2, 0.25) is 5.02 Å². The highest BCUT2D eigenvalue weighted by molar-refractivity contribution is 7.89. The largest absolute Gasteiger partial charge is 0.301 e. The van der Waals surface area contributed by atoms with Crippen LogP contribution in [0.25, 0.3) is 0 Å². The highest BCUT2D eigenvalue weighted by Crippen LogP contribution is 2.23. The summed E-state index contributed by atoms with van der Waals surface area (Å²) in [4.78, 5) is 2.61. The molecule has 1 fully saturated rings. The molecule has 6 heteroatoms. The minimum Gasteiger partial charge on any atom is -0.301 e. The molecule has 130 valence electrons. The van der Waals surface area contributed by atoms with E-state index < -0.39 is 15.6 Å². The van der Waals surface area contributed by atoms with E-state index in [9.17, 15) is 8.42 Å². The van der Waals surface area contributed by atoms with E-state index in [0.717, 1.165) is 13.1 Å². The van der Waals surface area contributed by atoms with Crippen LogP contribution in [-0.4, -0.2) is 38.5 Å². The van der Waals surface area contributed by atoms with Gasteiger partial charge in [-0.25, -0.2) is 13.1 Å². The summed E-state index contributed by atoms with van der Waals surface area (Å²) in [6, 6.07) is 6.26. The van der Waals surface area contributed by atoms with Crippen molar-refractivity contribution in [3.05, 3.63) is 29.3 Å². The van der Waals surface area contributed by atoms with Crippen LogP contribution in [0, 0.1) is 11.8 Å². The lowest BCUT2D eigenvalue weighted by molar-refractivity contribution is 0.116. The number of benzene rings is 1. The molecule has 0 amide bonds. The van der Waals surface area contributed by atoms with Gasteiger partial charge in [-0.05, 0) is 56.4 Å². The number of sulfonamides is 1. The predicted molar refractivity (Wildman–Crippen MR) is 95.2 cm³/mol. The maximum Gasteiger partial charge on any atom is 0.241 e. The molecule has 2 rings (SSSR count). The van der Waals surface area contributed by atoms with Gasteiger partial charge >= 0.3 is 0 Å². The molecule has 0 bridgehead atoms. The molecule has 0 spiro atoms. The molecule has 0 unspecified atom stereocenters. The van der Waals surface area contributed by atoms with Crippen molar-refractivity contribution < 1.29 is 8.42 Å². The summed E-state index contributed by atoms with van der Waals surface area (Å²) in [7, 11) is -3.55. The van der Waals surface area contributed by atoms with E-state index in [2.05, 4.69) is 23.5 Å². The van der Waals surface area contributed by atoms with Crippen molar-refractivity contribution in [1.82, 2.24) is 9.62 Å². The van der Waals surface area contributed by atoms with Gasteiger partial charge in [0, 0.05) is 30.2 Å². The maximum absolute atomic E-state index is 12.6. The number of halogens is 1. The number of nitrogens with zero attached hydrogens (tertiary/aromatic N) is 1. The summed E-state index contributed by atoms with van der Waals surface area (Å²) in [5.74, 6) is 1.31. The first-order valence-corrected chi connectivity index (χ1v) is 9.95. The highest BCUT2D eigenvalue weighted by Gasteiger charge is 2.31. The Labute approximate surface area is 145 Å². The summed E-state index contributed by atoms with van der Waals surface area (Å²) in [5, 5.41) is 0.527. The molecule has 0 aromatic heterocycles. The van der Waals surface area contributed by atoms with Crippen LogP contribution in [0.4, 0.5) is 0 Å². The van der Waals surface area contributed by atoms with Crippen molar-refractivity contribution in [3.63, 3.8) is 0 Å². The minimum absolute atomic E-state index is 0.246. The van der Waals surface area contributed by atoms with Gasteiger partial charge in [0.2, 0.25) is 10.0 Å². The molecule has 23 heavy (non-hydrogen) atoms. The van der Waals surface area contributed by atoms with Crippen LogP contribution in [0.1, 0.15) is 34.1 Å². The summed E-state index contributed by atoms with van der Waals surface area (Å²) in [6.45, 7) is 11.1. The van der Waals surface area contributed by atoms with Gasteiger partial charge in [0.05, 0.1) is 4.90 Å². The molecule has 0 aliphatic carbocycles. The van der Waals surface area contributed by atoms with Crippen LogP contribution >= 0.6 is 11.6 Å². The second-order valence-electron chi connectivity index (χ2n) is 7.58. The van der Waals surface area contributed by atoms with Crippen molar-refractivity contribution in [2.45, 2.75) is 44.6 Å².